The molecule has 1 aromatic rings. The summed E-state index contributed by atoms with van der Waals surface area (Å²) in [6.07, 6.45) is 0.821. The van der Waals surface area contributed by atoms with Crippen LogP contribution in [0.15, 0.2) is 24.3 Å². The van der Waals surface area contributed by atoms with Gasteiger partial charge in [-0.1, -0.05) is 25.1 Å². The fourth-order valence-corrected chi connectivity index (χ4v) is 1.47. The smallest absolute Gasteiger partial charge is 0.308 e. The van der Waals surface area contributed by atoms with Gasteiger partial charge in [0.1, 0.15) is 0 Å². The van der Waals surface area contributed by atoms with Gasteiger partial charge in [0.2, 0.25) is 0 Å². The molecule has 0 aliphatic heterocycles. The molecule has 0 aromatic heterocycles. The summed E-state index contributed by atoms with van der Waals surface area (Å²) < 4.78 is 5.04. The zero-order valence-corrected chi connectivity index (χ0v) is 10.3. The van der Waals surface area contributed by atoms with Crippen LogP contribution in [0.25, 0.3) is 0 Å². The number of aliphatic carboxylic acids is 1. The second-order valence-corrected chi connectivity index (χ2v) is 4.02. The standard InChI is InChI=1S/C13H19NO3/c1-10(13(15)16)9-14-12-6-4-3-5-11(12)7-8-17-2/h3-6,10,14H,7-9H2,1-2H3,(H,15,16). The number of nitrogens with one attached hydrogen (secondary N) is 1. The molecule has 1 aromatic carbocycles. The molecular weight excluding hydrogens is 218 g/mol. The molecule has 1 unspecified atom stereocenters. The first-order chi connectivity index (χ1) is 8.15. The number of carboxylic acids is 1. The van der Waals surface area contributed by atoms with E-state index in [9.17, 15) is 4.79 Å². The van der Waals surface area contributed by atoms with Gasteiger partial charge in [-0.2, -0.15) is 0 Å². The van der Waals surface area contributed by atoms with Gasteiger partial charge in [0.25, 0.3) is 0 Å². The third-order valence-electron chi connectivity index (χ3n) is 2.61. The molecule has 4 heteroatoms. The van der Waals surface area contributed by atoms with E-state index in [4.69, 9.17) is 9.84 Å². The number of hydrogen-bond acceptors (Lipinski definition) is 3. The highest BCUT2D eigenvalue weighted by Gasteiger charge is 2.10. The van der Waals surface area contributed by atoms with Crippen LogP contribution in [0.2, 0.25) is 0 Å². The van der Waals surface area contributed by atoms with Crippen molar-refractivity contribution in [3.63, 3.8) is 0 Å². The molecule has 0 aliphatic carbocycles. The Labute approximate surface area is 102 Å². The van der Waals surface area contributed by atoms with Crippen molar-refractivity contribution in [1.29, 1.82) is 0 Å². The second-order valence-electron chi connectivity index (χ2n) is 4.02. The van der Waals surface area contributed by atoms with Crippen molar-refractivity contribution in [2.45, 2.75) is 13.3 Å². The van der Waals surface area contributed by atoms with Crippen molar-refractivity contribution in [2.75, 3.05) is 25.6 Å². The Kier molecular flexibility index (Phi) is 5.49. The number of para-hydroxylation sites is 1. The van der Waals surface area contributed by atoms with Gasteiger partial charge in [0.15, 0.2) is 0 Å². The summed E-state index contributed by atoms with van der Waals surface area (Å²) in [5, 5.41) is 12.0. The molecule has 4 nitrogen and oxygen atoms in total. The average Bonchev–Trinajstić information content (AvgIpc) is 2.34. The normalized spacial score (nSPS) is 12.1. The van der Waals surface area contributed by atoms with Crippen molar-refractivity contribution in [1.82, 2.24) is 0 Å². The van der Waals surface area contributed by atoms with Crippen LogP contribution in [-0.2, 0) is 16.0 Å². The number of methoxy groups -OCH3 is 1. The van der Waals surface area contributed by atoms with Crippen molar-refractivity contribution < 1.29 is 14.6 Å². The van der Waals surface area contributed by atoms with Crippen LogP contribution in [0.3, 0.4) is 0 Å². The van der Waals surface area contributed by atoms with Crippen LogP contribution in [0.4, 0.5) is 5.69 Å². The Morgan fingerprint density at radius 2 is 2.18 bits per heavy atom. The van der Waals surface area contributed by atoms with E-state index in [-0.39, 0.29) is 0 Å². The lowest BCUT2D eigenvalue weighted by molar-refractivity contribution is -0.140. The fourth-order valence-electron chi connectivity index (χ4n) is 1.47. The van der Waals surface area contributed by atoms with Gasteiger partial charge in [-0.15, -0.1) is 0 Å². The molecule has 0 amide bonds. The van der Waals surface area contributed by atoms with Gasteiger partial charge in [-0.25, -0.2) is 0 Å². The maximum atomic E-state index is 10.7. The average molecular weight is 237 g/mol. The van der Waals surface area contributed by atoms with E-state index in [2.05, 4.69) is 5.32 Å². The Balaban J connectivity index is 2.60. The number of ether oxygens (including phenoxy) is 1. The molecule has 0 saturated heterocycles. The molecule has 0 fully saturated rings. The van der Waals surface area contributed by atoms with Gasteiger partial charge >= 0.3 is 5.97 Å². The first kappa shape index (κ1) is 13.5. The number of hydrogen-bond donors (Lipinski definition) is 2. The topological polar surface area (TPSA) is 58.6 Å². The van der Waals surface area contributed by atoms with Crippen molar-refractivity contribution >= 4 is 11.7 Å². The molecule has 94 valence electrons. The van der Waals surface area contributed by atoms with E-state index < -0.39 is 11.9 Å². The van der Waals surface area contributed by atoms with Crippen LogP contribution < -0.4 is 5.32 Å². The summed E-state index contributed by atoms with van der Waals surface area (Å²) in [5.41, 5.74) is 2.13. The van der Waals surface area contributed by atoms with Gasteiger partial charge in [0, 0.05) is 19.3 Å². The molecule has 2 N–H and O–H groups in total. The monoisotopic (exact) mass is 237 g/mol. The van der Waals surface area contributed by atoms with Crippen molar-refractivity contribution in [2.24, 2.45) is 5.92 Å². The van der Waals surface area contributed by atoms with Gasteiger partial charge in [0.05, 0.1) is 12.5 Å². The first-order valence-corrected chi connectivity index (χ1v) is 5.68. The van der Waals surface area contributed by atoms with Crippen molar-refractivity contribution in [3.8, 4) is 0 Å². The molecule has 1 rings (SSSR count). The third-order valence-corrected chi connectivity index (χ3v) is 2.61. The Morgan fingerprint density at radius 1 is 1.47 bits per heavy atom. The minimum atomic E-state index is -0.785. The molecule has 0 aliphatic rings. The molecule has 0 spiro atoms. The third kappa shape index (κ3) is 4.44. The zero-order chi connectivity index (χ0) is 12.7. The minimum Gasteiger partial charge on any atom is -0.481 e. The summed E-state index contributed by atoms with van der Waals surface area (Å²) in [4.78, 5) is 10.7. The lowest BCUT2D eigenvalue weighted by atomic mass is 10.1. The van der Waals surface area contributed by atoms with Crippen LogP contribution >= 0.6 is 0 Å². The summed E-state index contributed by atoms with van der Waals surface area (Å²) >= 11 is 0. The lowest BCUT2D eigenvalue weighted by Gasteiger charge is -2.13. The highest BCUT2D eigenvalue weighted by molar-refractivity contribution is 5.70. The molecule has 1 atom stereocenters. The van der Waals surface area contributed by atoms with Gasteiger partial charge in [-0.3, -0.25) is 4.79 Å². The number of carboxylic acid groups (broad SMARTS) is 1. The summed E-state index contributed by atoms with van der Waals surface area (Å²) in [6.45, 7) is 2.78. The van der Waals surface area contributed by atoms with E-state index in [1.165, 1.54) is 0 Å². The number of carbonyl (C=O) groups is 1. The maximum Gasteiger partial charge on any atom is 0.308 e. The maximum absolute atomic E-state index is 10.7. The number of benzene rings is 1. The van der Waals surface area contributed by atoms with Crippen LogP contribution in [-0.4, -0.2) is 31.3 Å². The van der Waals surface area contributed by atoms with E-state index in [1.54, 1.807) is 14.0 Å². The highest BCUT2D eigenvalue weighted by Crippen LogP contribution is 2.16. The summed E-state index contributed by atoms with van der Waals surface area (Å²) in [5.74, 6) is -1.18. The molecule has 0 heterocycles. The van der Waals surface area contributed by atoms with Crippen LogP contribution in [0.5, 0.6) is 0 Å². The Bertz CT molecular complexity index is 365. The molecule has 0 saturated carbocycles. The largest absolute Gasteiger partial charge is 0.481 e. The second kappa shape index (κ2) is 6.91. The highest BCUT2D eigenvalue weighted by atomic mass is 16.5. The predicted molar refractivity (Wildman–Crippen MR) is 67.3 cm³/mol. The lowest BCUT2D eigenvalue weighted by Crippen LogP contribution is -2.20. The molecule has 0 bridgehead atoms. The molecule has 17 heavy (non-hydrogen) atoms. The summed E-state index contributed by atoms with van der Waals surface area (Å²) in [6, 6.07) is 7.88. The number of anilines is 1. The number of rotatable bonds is 7. The van der Waals surface area contributed by atoms with Crippen LogP contribution in [0, 0.1) is 5.92 Å². The van der Waals surface area contributed by atoms with E-state index in [0.29, 0.717) is 13.2 Å². The zero-order valence-electron chi connectivity index (χ0n) is 10.3. The SMILES string of the molecule is COCCc1ccccc1NCC(C)C(=O)O. The quantitative estimate of drug-likeness (QED) is 0.761. The minimum absolute atomic E-state index is 0.398. The van der Waals surface area contributed by atoms with E-state index in [0.717, 1.165) is 17.7 Å². The summed E-state index contributed by atoms with van der Waals surface area (Å²) in [7, 11) is 1.67. The molecule has 0 radical (unpaired) electrons. The van der Waals surface area contributed by atoms with Gasteiger partial charge in [-0.05, 0) is 18.1 Å². The Hall–Kier alpha value is -1.55. The fraction of sp³-hybridized carbons (Fsp3) is 0.462. The molecular formula is C13H19NO3. The Morgan fingerprint density at radius 3 is 2.82 bits per heavy atom. The van der Waals surface area contributed by atoms with E-state index in [1.807, 2.05) is 24.3 Å². The van der Waals surface area contributed by atoms with Gasteiger partial charge < -0.3 is 15.2 Å². The van der Waals surface area contributed by atoms with E-state index >= 15 is 0 Å². The predicted octanol–water partition coefficient (Wildman–Crippen LogP) is 2.01. The van der Waals surface area contributed by atoms with Crippen molar-refractivity contribution in [3.05, 3.63) is 29.8 Å². The first-order valence-electron chi connectivity index (χ1n) is 5.68. The van der Waals surface area contributed by atoms with Crippen LogP contribution in [0.1, 0.15) is 12.5 Å².